The molecule has 2 heteroatoms. The van der Waals surface area contributed by atoms with Crippen molar-refractivity contribution in [3.8, 4) is 0 Å². The minimum absolute atomic E-state index is 0.151. The van der Waals surface area contributed by atoms with Crippen LogP contribution in [0.25, 0.3) is 6.08 Å². The molecule has 2 aromatic carbocycles. The van der Waals surface area contributed by atoms with Gasteiger partial charge < -0.3 is 9.84 Å². The van der Waals surface area contributed by atoms with Crippen LogP contribution in [0.1, 0.15) is 62.0 Å². The molecule has 1 fully saturated rings. The first-order chi connectivity index (χ1) is 13.7. The van der Waals surface area contributed by atoms with Crippen LogP contribution in [-0.2, 0) is 4.74 Å². The molecule has 0 bridgehead atoms. The van der Waals surface area contributed by atoms with E-state index < -0.39 is 5.79 Å². The van der Waals surface area contributed by atoms with Gasteiger partial charge in [-0.15, -0.1) is 0 Å². The lowest BCUT2D eigenvalue weighted by molar-refractivity contribution is -0.241. The highest BCUT2D eigenvalue weighted by atomic mass is 16.6. The number of hydrogen-bond acceptors (Lipinski definition) is 2. The number of ether oxygens (including phenoxy) is 1. The van der Waals surface area contributed by atoms with Gasteiger partial charge >= 0.3 is 0 Å². The average molecular weight is 373 g/mol. The molecule has 144 valence electrons. The summed E-state index contributed by atoms with van der Waals surface area (Å²) in [7, 11) is 0. The molecule has 0 spiro atoms. The Balaban J connectivity index is 1.65. The SMILES string of the molecule is O[C@]12CCCC[C@@H]1[C@@H](c1ccccc1)C1=C(O2)/C(=C/c2ccccc2)CCC1. The highest BCUT2D eigenvalue weighted by molar-refractivity contribution is 5.60. The van der Waals surface area contributed by atoms with Gasteiger partial charge in [0.25, 0.3) is 0 Å². The first-order valence-electron chi connectivity index (χ1n) is 10.7. The van der Waals surface area contributed by atoms with Crippen molar-refractivity contribution in [2.75, 3.05) is 0 Å². The van der Waals surface area contributed by atoms with Crippen molar-refractivity contribution in [1.29, 1.82) is 0 Å². The molecule has 1 N–H and O–H groups in total. The summed E-state index contributed by atoms with van der Waals surface area (Å²) in [4.78, 5) is 0. The van der Waals surface area contributed by atoms with Crippen LogP contribution in [0.4, 0.5) is 0 Å². The molecular weight excluding hydrogens is 344 g/mol. The maximum Gasteiger partial charge on any atom is 0.211 e. The van der Waals surface area contributed by atoms with Crippen molar-refractivity contribution in [2.24, 2.45) is 5.92 Å². The van der Waals surface area contributed by atoms with E-state index in [1.165, 1.54) is 28.7 Å². The second-order valence-electron chi connectivity index (χ2n) is 8.48. The largest absolute Gasteiger partial charge is 0.462 e. The molecule has 3 aliphatic rings. The van der Waals surface area contributed by atoms with E-state index >= 15 is 0 Å². The number of fused-ring (bicyclic) bond motifs is 1. The van der Waals surface area contributed by atoms with Gasteiger partial charge in [0.05, 0.1) is 0 Å². The minimum atomic E-state index is -1.04. The lowest BCUT2D eigenvalue weighted by Crippen LogP contribution is -2.49. The first-order valence-corrected chi connectivity index (χ1v) is 10.7. The molecule has 28 heavy (non-hydrogen) atoms. The van der Waals surface area contributed by atoms with Gasteiger partial charge in [0.1, 0.15) is 5.76 Å². The van der Waals surface area contributed by atoms with Gasteiger partial charge in [0, 0.05) is 18.3 Å². The molecule has 0 radical (unpaired) electrons. The van der Waals surface area contributed by atoms with Crippen LogP contribution in [0, 0.1) is 5.92 Å². The van der Waals surface area contributed by atoms with Gasteiger partial charge in [0.2, 0.25) is 5.79 Å². The summed E-state index contributed by atoms with van der Waals surface area (Å²) in [6.07, 6.45) is 9.45. The minimum Gasteiger partial charge on any atom is -0.462 e. The molecule has 1 saturated carbocycles. The van der Waals surface area contributed by atoms with Crippen molar-refractivity contribution < 1.29 is 9.84 Å². The summed E-state index contributed by atoms with van der Waals surface area (Å²) in [5.41, 5.74) is 5.16. The Labute approximate surface area is 167 Å². The zero-order valence-electron chi connectivity index (χ0n) is 16.3. The highest BCUT2D eigenvalue weighted by Gasteiger charge is 2.51. The molecule has 2 nitrogen and oxygen atoms in total. The van der Waals surface area contributed by atoms with Crippen LogP contribution in [0.5, 0.6) is 0 Å². The average Bonchev–Trinajstić information content (AvgIpc) is 2.73. The lowest BCUT2D eigenvalue weighted by atomic mass is 9.66. The van der Waals surface area contributed by atoms with E-state index in [-0.39, 0.29) is 11.8 Å². The summed E-state index contributed by atoms with van der Waals surface area (Å²) in [5.74, 6) is 0.350. The summed E-state index contributed by atoms with van der Waals surface area (Å²) >= 11 is 0. The first kappa shape index (κ1) is 17.8. The fraction of sp³-hybridized carbons (Fsp3) is 0.385. The van der Waals surface area contributed by atoms with Crippen LogP contribution in [0.3, 0.4) is 0 Å². The van der Waals surface area contributed by atoms with Crippen LogP contribution in [0.2, 0.25) is 0 Å². The molecule has 0 saturated heterocycles. The normalized spacial score (nSPS) is 31.1. The van der Waals surface area contributed by atoms with E-state index in [4.69, 9.17) is 4.74 Å². The number of rotatable bonds is 2. The van der Waals surface area contributed by atoms with Crippen molar-refractivity contribution in [3.63, 3.8) is 0 Å². The molecule has 2 aromatic rings. The Hall–Kier alpha value is -2.32. The van der Waals surface area contributed by atoms with Gasteiger partial charge in [-0.3, -0.25) is 0 Å². The van der Waals surface area contributed by atoms with Crippen LogP contribution >= 0.6 is 0 Å². The van der Waals surface area contributed by atoms with Gasteiger partial charge in [-0.1, -0.05) is 67.1 Å². The summed E-state index contributed by atoms with van der Waals surface area (Å²) in [5, 5.41) is 11.6. The molecule has 0 amide bonds. The van der Waals surface area contributed by atoms with E-state index in [0.717, 1.165) is 44.3 Å². The quantitative estimate of drug-likeness (QED) is 0.680. The third-order valence-corrected chi connectivity index (χ3v) is 6.71. The fourth-order valence-electron chi connectivity index (χ4n) is 5.44. The number of aliphatic hydroxyl groups is 1. The maximum atomic E-state index is 11.6. The standard InChI is InChI=1S/C26H28O2/c27-26-17-8-7-16-23(26)24(20-12-5-2-6-13-20)22-15-9-14-21(25(22)28-26)18-19-10-3-1-4-11-19/h1-6,10-13,18,23-24,27H,7-9,14-17H2/b21-18+/t23-,24+,26+/m1/s1. The van der Waals surface area contributed by atoms with Gasteiger partial charge in [-0.05, 0) is 60.5 Å². The van der Waals surface area contributed by atoms with Crippen molar-refractivity contribution in [2.45, 2.75) is 56.7 Å². The highest BCUT2D eigenvalue weighted by Crippen LogP contribution is 2.55. The van der Waals surface area contributed by atoms with E-state index in [1.54, 1.807) is 0 Å². The zero-order chi connectivity index (χ0) is 19.0. The molecular formula is C26H28O2. The summed E-state index contributed by atoms with van der Waals surface area (Å²) in [6, 6.07) is 21.2. The van der Waals surface area contributed by atoms with E-state index in [1.807, 2.05) is 6.07 Å². The van der Waals surface area contributed by atoms with Gasteiger partial charge in [-0.2, -0.15) is 0 Å². The van der Waals surface area contributed by atoms with Crippen molar-refractivity contribution >= 4 is 6.08 Å². The third-order valence-electron chi connectivity index (χ3n) is 6.71. The molecule has 1 heterocycles. The molecule has 0 aromatic heterocycles. The Morgan fingerprint density at radius 2 is 1.64 bits per heavy atom. The van der Waals surface area contributed by atoms with Gasteiger partial charge in [0.15, 0.2) is 0 Å². The predicted octanol–water partition coefficient (Wildman–Crippen LogP) is 6.20. The molecule has 2 aliphatic carbocycles. The molecule has 0 unspecified atom stereocenters. The number of hydrogen-bond donors (Lipinski definition) is 1. The van der Waals surface area contributed by atoms with Crippen LogP contribution < -0.4 is 0 Å². The smallest absolute Gasteiger partial charge is 0.211 e. The second kappa shape index (κ2) is 7.25. The monoisotopic (exact) mass is 372 g/mol. The lowest BCUT2D eigenvalue weighted by Gasteiger charge is -2.50. The summed E-state index contributed by atoms with van der Waals surface area (Å²) in [6.45, 7) is 0. The topological polar surface area (TPSA) is 29.5 Å². The maximum absolute atomic E-state index is 11.6. The summed E-state index contributed by atoms with van der Waals surface area (Å²) < 4.78 is 6.49. The van der Waals surface area contributed by atoms with Crippen LogP contribution in [-0.4, -0.2) is 10.9 Å². The molecule has 3 atom stereocenters. The second-order valence-corrected chi connectivity index (χ2v) is 8.48. The molecule has 5 rings (SSSR count). The molecule has 1 aliphatic heterocycles. The Bertz CT molecular complexity index is 897. The van der Waals surface area contributed by atoms with Crippen LogP contribution in [0.15, 0.2) is 77.6 Å². The Morgan fingerprint density at radius 3 is 2.43 bits per heavy atom. The van der Waals surface area contributed by atoms with E-state index in [2.05, 4.69) is 60.7 Å². The fourth-order valence-corrected chi connectivity index (χ4v) is 5.44. The van der Waals surface area contributed by atoms with E-state index in [9.17, 15) is 5.11 Å². The number of allylic oxidation sites excluding steroid dienone is 2. The van der Waals surface area contributed by atoms with Crippen molar-refractivity contribution in [1.82, 2.24) is 0 Å². The predicted molar refractivity (Wildman–Crippen MR) is 112 cm³/mol. The third kappa shape index (κ3) is 3.10. The van der Waals surface area contributed by atoms with E-state index in [0.29, 0.717) is 0 Å². The zero-order valence-corrected chi connectivity index (χ0v) is 16.3. The number of benzene rings is 2. The Morgan fingerprint density at radius 1 is 0.893 bits per heavy atom. The van der Waals surface area contributed by atoms with Gasteiger partial charge in [-0.25, -0.2) is 0 Å². The Kier molecular flexibility index (Phi) is 4.60. The van der Waals surface area contributed by atoms with Crippen molar-refractivity contribution in [3.05, 3.63) is 88.7 Å².